The second-order valence-corrected chi connectivity index (χ2v) is 9.20. The Morgan fingerprint density at radius 3 is 1.69 bits per heavy atom. The summed E-state index contributed by atoms with van der Waals surface area (Å²) in [4.78, 5) is 0. The summed E-state index contributed by atoms with van der Waals surface area (Å²) in [6.07, 6.45) is -4.81. The average molecular weight is 258 g/mol. The first kappa shape index (κ1) is 15.9. The Bertz CT molecular complexity index is 207. The van der Waals surface area contributed by atoms with E-state index < -0.39 is 21.2 Å². The van der Waals surface area contributed by atoms with Crippen molar-refractivity contribution in [3.8, 4) is 0 Å². The van der Waals surface area contributed by atoms with Crippen molar-refractivity contribution in [3.05, 3.63) is 0 Å². The summed E-state index contributed by atoms with van der Waals surface area (Å²) in [5.41, 5.74) is 0. The predicted molar refractivity (Wildman–Crippen MR) is 59.6 cm³/mol. The minimum atomic E-state index is -4.10. The Hall–Kier alpha value is -0.0731. The molecule has 0 bridgehead atoms. The topological polar surface area (TPSA) is 18.5 Å². The fraction of sp³-hybridized carbons (Fsp3) is 1.00. The molecule has 0 aliphatic carbocycles. The molecule has 0 fully saturated rings. The van der Waals surface area contributed by atoms with Gasteiger partial charge < -0.3 is 8.85 Å². The summed E-state index contributed by atoms with van der Waals surface area (Å²) in [5.74, 6) is 0. The van der Waals surface area contributed by atoms with Crippen molar-refractivity contribution in [2.24, 2.45) is 0 Å². The molecule has 0 unspecified atom stereocenters. The van der Waals surface area contributed by atoms with E-state index in [1.165, 1.54) is 14.2 Å². The van der Waals surface area contributed by atoms with E-state index in [1.807, 2.05) is 20.8 Å². The van der Waals surface area contributed by atoms with Crippen LogP contribution in [0.3, 0.4) is 0 Å². The van der Waals surface area contributed by atoms with Crippen LogP contribution < -0.4 is 0 Å². The zero-order valence-electron chi connectivity index (χ0n) is 10.6. The quantitative estimate of drug-likeness (QED) is 0.697. The number of halogens is 3. The molecular formula is C10H21F3O2Si. The van der Waals surface area contributed by atoms with Crippen LogP contribution in [0.25, 0.3) is 0 Å². The zero-order chi connectivity index (χ0) is 13.0. The molecule has 16 heavy (non-hydrogen) atoms. The fourth-order valence-electron chi connectivity index (χ4n) is 1.80. The number of hydrogen-bond donors (Lipinski definition) is 0. The van der Waals surface area contributed by atoms with Crippen LogP contribution in [0.2, 0.25) is 11.1 Å². The Morgan fingerprint density at radius 2 is 1.44 bits per heavy atom. The monoisotopic (exact) mass is 258 g/mol. The lowest BCUT2D eigenvalue weighted by Gasteiger charge is -2.38. The molecule has 6 heteroatoms. The van der Waals surface area contributed by atoms with Crippen molar-refractivity contribution >= 4 is 8.56 Å². The molecule has 0 aromatic rings. The minimum Gasteiger partial charge on any atom is -0.397 e. The third kappa shape index (κ3) is 4.43. The number of alkyl halides is 3. The molecule has 0 saturated heterocycles. The van der Waals surface area contributed by atoms with Crippen LogP contribution in [-0.2, 0) is 8.85 Å². The van der Waals surface area contributed by atoms with Crippen LogP contribution in [0.4, 0.5) is 13.2 Å². The highest BCUT2D eigenvalue weighted by Gasteiger charge is 2.47. The lowest BCUT2D eigenvalue weighted by Crippen LogP contribution is -2.48. The van der Waals surface area contributed by atoms with Gasteiger partial charge >= 0.3 is 14.7 Å². The summed E-state index contributed by atoms with van der Waals surface area (Å²) < 4.78 is 47.0. The van der Waals surface area contributed by atoms with E-state index in [2.05, 4.69) is 0 Å². The van der Waals surface area contributed by atoms with E-state index in [-0.39, 0.29) is 11.5 Å². The molecule has 0 saturated carbocycles. The summed E-state index contributed by atoms with van der Waals surface area (Å²) in [6, 6.07) is 0.364. The van der Waals surface area contributed by atoms with E-state index in [4.69, 9.17) is 8.85 Å². The summed E-state index contributed by atoms with van der Waals surface area (Å²) in [5, 5.41) is -0.234. The second-order valence-electron chi connectivity index (χ2n) is 4.88. The highest BCUT2D eigenvalue weighted by molar-refractivity contribution is 6.70. The zero-order valence-corrected chi connectivity index (χ0v) is 11.6. The number of rotatable bonds is 5. The first-order valence-electron chi connectivity index (χ1n) is 5.25. The molecule has 0 atom stereocenters. The molecule has 2 nitrogen and oxygen atoms in total. The fourth-order valence-corrected chi connectivity index (χ4v) is 4.99. The molecule has 0 aliphatic rings. The Labute approximate surface area is 96.4 Å². The van der Waals surface area contributed by atoms with Crippen LogP contribution in [0.5, 0.6) is 0 Å². The van der Waals surface area contributed by atoms with Gasteiger partial charge in [-0.25, -0.2) is 0 Å². The van der Waals surface area contributed by atoms with Crippen molar-refractivity contribution in [3.63, 3.8) is 0 Å². The van der Waals surface area contributed by atoms with Gasteiger partial charge in [0.2, 0.25) is 0 Å². The SMILES string of the molecule is CO[Si](CCCC(F)(F)F)(OC)C(C)(C)C. The van der Waals surface area contributed by atoms with Crippen LogP contribution in [-0.4, -0.2) is 29.0 Å². The van der Waals surface area contributed by atoms with Gasteiger partial charge in [-0.2, -0.15) is 13.2 Å². The van der Waals surface area contributed by atoms with E-state index in [9.17, 15) is 13.2 Å². The summed E-state index contributed by atoms with van der Waals surface area (Å²) >= 11 is 0. The van der Waals surface area contributed by atoms with Crippen molar-refractivity contribution in [2.75, 3.05) is 14.2 Å². The van der Waals surface area contributed by atoms with Crippen LogP contribution in [0.1, 0.15) is 33.6 Å². The molecule has 0 heterocycles. The van der Waals surface area contributed by atoms with Gasteiger partial charge in [-0.3, -0.25) is 0 Å². The van der Waals surface area contributed by atoms with E-state index >= 15 is 0 Å². The Kier molecular flexibility index (Phi) is 5.48. The van der Waals surface area contributed by atoms with E-state index in [0.29, 0.717) is 6.04 Å². The standard InChI is InChI=1S/C10H21F3O2Si/c1-9(2,3)16(14-4,15-5)8-6-7-10(11,12)13/h6-8H2,1-5H3. The molecule has 0 amide bonds. The van der Waals surface area contributed by atoms with Crippen LogP contribution in [0, 0.1) is 0 Å². The van der Waals surface area contributed by atoms with Gasteiger partial charge in [0, 0.05) is 25.7 Å². The predicted octanol–water partition coefficient (Wildman–Crippen LogP) is 3.86. The molecule has 0 aromatic heterocycles. The first-order chi connectivity index (χ1) is 7.08. The van der Waals surface area contributed by atoms with Gasteiger partial charge in [0.05, 0.1) is 0 Å². The van der Waals surface area contributed by atoms with Gasteiger partial charge in [0.1, 0.15) is 0 Å². The molecule has 0 spiro atoms. The maximum absolute atomic E-state index is 12.1. The molecule has 0 radical (unpaired) electrons. The van der Waals surface area contributed by atoms with Gasteiger partial charge in [0.25, 0.3) is 0 Å². The molecule has 0 aromatic carbocycles. The van der Waals surface area contributed by atoms with Crippen LogP contribution in [0.15, 0.2) is 0 Å². The Morgan fingerprint density at radius 1 is 1.00 bits per heavy atom. The highest BCUT2D eigenvalue weighted by atomic mass is 28.4. The van der Waals surface area contributed by atoms with Crippen molar-refractivity contribution in [1.82, 2.24) is 0 Å². The third-order valence-electron chi connectivity index (χ3n) is 2.77. The molecule has 0 rings (SSSR count). The smallest absolute Gasteiger partial charge is 0.389 e. The average Bonchev–Trinajstić information content (AvgIpc) is 2.09. The van der Waals surface area contributed by atoms with Gasteiger partial charge in [-0.15, -0.1) is 0 Å². The normalized spacial score (nSPS) is 14.2. The maximum Gasteiger partial charge on any atom is 0.389 e. The lowest BCUT2D eigenvalue weighted by atomic mass is 10.2. The van der Waals surface area contributed by atoms with Gasteiger partial charge in [0.15, 0.2) is 0 Å². The van der Waals surface area contributed by atoms with Gasteiger partial charge in [-0.1, -0.05) is 20.8 Å². The van der Waals surface area contributed by atoms with E-state index in [0.717, 1.165) is 0 Å². The largest absolute Gasteiger partial charge is 0.397 e. The van der Waals surface area contributed by atoms with Gasteiger partial charge in [-0.05, 0) is 12.5 Å². The Balaban J connectivity index is 4.47. The van der Waals surface area contributed by atoms with E-state index in [1.54, 1.807) is 0 Å². The first-order valence-corrected chi connectivity index (χ1v) is 7.27. The van der Waals surface area contributed by atoms with Crippen molar-refractivity contribution in [1.29, 1.82) is 0 Å². The third-order valence-corrected chi connectivity index (χ3v) is 7.38. The lowest BCUT2D eigenvalue weighted by molar-refractivity contribution is -0.134. The van der Waals surface area contributed by atoms with Crippen molar-refractivity contribution < 1.29 is 22.0 Å². The summed E-state index contributed by atoms with van der Waals surface area (Å²) in [7, 11) is 0.500. The van der Waals surface area contributed by atoms with Crippen molar-refractivity contribution in [2.45, 2.75) is 50.9 Å². The molecule has 98 valence electrons. The minimum absolute atomic E-state index is 0.0642. The van der Waals surface area contributed by atoms with Crippen LogP contribution >= 0.6 is 0 Å². The second kappa shape index (κ2) is 5.51. The molecule has 0 aliphatic heterocycles. The highest BCUT2D eigenvalue weighted by Crippen LogP contribution is 2.41. The molecule has 0 N–H and O–H groups in total. The number of hydrogen-bond acceptors (Lipinski definition) is 2. The maximum atomic E-state index is 12.1. The summed E-state index contributed by atoms with van der Waals surface area (Å²) in [6.45, 7) is 5.83. The molecular weight excluding hydrogens is 237 g/mol.